The van der Waals surface area contributed by atoms with Crippen LogP contribution < -0.4 is 5.32 Å². The lowest BCUT2D eigenvalue weighted by molar-refractivity contribution is 0.0469. The minimum Gasteiger partial charge on any atom is -0.441 e. The van der Waals surface area contributed by atoms with Crippen molar-refractivity contribution in [3.8, 4) is 0 Å². The number of aliphatic hydroxyl groups is 1. The number of carbonyl (C=O) groups excluding carboxylic acids is 2. The number of fused-ring (bicyclic) bond motifs is 2. The van der Waals surface area contributed by atoms with E-state index in [4.69, 9.17) is 4.74 Å². The average molecular weight is 523 g/mol. The molecule has 10 nitrogen and oxygen atoms in total. The predicted molar refractivity (Wildman–Crippen MR) is 133 cm³/mol. The highest BCUT2D eigenvalue weighted by molar-refractivity contribution is 8.18. The third kappa shape index (κ3) is 5.39. The highest BCUT2D eigenvalue weighted by Gasteiger charge is 2.44. The molecule has 1 atom stereocenters. The maximum atomic E-state index is 13.4. The second-order valence-electron chi connectivity index (χ2n) is 10.4. The topological polar surface area (TPSA) is 138 Å². The van der Waals surface area contributed by atoms with Crippen LogP contribution in [0.3, 0.4) is 0 Å². The summed E-state index contributed by atoms with van der Waals surface area (Å²) in [4.78, 5) is 26.3. The van der Waals surface area contributed by atoms with Crippen LogP contribution >= 0.6 is 11.8 Å². The summed E-state index contributed by atoms with van der Waals surface area (Å²) in [5, 5.41) is 15.9. The van der Waals surface area contributed by atoms with Crippen molar-refractivity contribution in [1.29, 1.82) is 0 Å². The molecule has 0 bridgehead atoms. The molecule has 1 aromatic rings. The number of rotatable bonds is 4. The Morgan fingerprint density at radius 2 is 1.77 bits per heavy atom. The van der Waals surface area contributed by atoms with Crippen molar-refractivity contribution < 1.29 is 27.9 Å². The first-order valence-corrected chi connectivity index (χ1v) is 13.8. The van der Waals surface area contributed by atoms with Crippen molar-refractivity contribution in [2.45, 2.75) is 83.3 Å². The van der Waals surface area contributed by atoms with Gasteiger partial charge in [0.15, 0.2) is 0 Å². The van der Waals surface area contributed by atoms with Gasteiger partial charge in [0.2, 0.25) is 0 Å². The summed E-state index contributed by atoms with van der Waals surface area (Å²) in [6.07, 6.45) is 4.71. The first kappa shape index (κ1) is 25.6. The zero-order valence-corrected chi connectivity index (χ0v) is 22.0. The largest absolute Gasteiger partial charge is 0.453 e. The van der Waals surface area contributed by atoms with Crippen LogP contribution in [-0.4, -0.2) is 47.1 Å². The number of nitrogens with zero attached hydrogens (tertiary/aromatic N) is 3. The third-order valence-corrected chi connectivity index (χ3v) is 9.11. The van der Waals surface area contributed by atoms with Crippen molar-refractivity contribution in [1.82, 2.24) is 4.90 Å². The lowest BCUT2D eigenvalue weighted by Crippen LogP contribution is -2.47. The number of sulfonamides is 1. The monoisotopic (exact) mass is 522 g/mol. The average Bonchev–Trinajstić information content (AvgIpc) is 3.35. The summed E-state index contributed by atoms with van der Waals surface area (Å²) < 4.78 is 33.4. The summed E-state index contributed by atoms with van der Waals surface area (Å²) in [7, 11) is -4.41. The highest BCUT2D eigenvalue weighted by Crippen LogP contribution is 2.44. The maximum Gasteiger partial charge on any atom is 0.453 e. The van der Waals surface area contributed by atoms with Crippen LogP contribution in [0.4, 0.5) is 15.3 Å². The number of amides is 3. The number of carbonyl (C=O) groups is 2. The lowest BCUT2D eigenvalue weighted by Gasteiger charge is -2.33. The van der Waals surface area contributed by atoms with Crippen LogP contribution in [0.15, 0.2) is 26.1 Å². The molecular formula is C23H30N4O6S2. The van der Waals surface area contributed by atoms with E-state index in [0.717, 1.165) is 66.9 Å². The van der Waals surface area contributed by atoms with Gasteiger partial charge in [0.05, 0.1) is 5.60 Å². The van der Waals surface area contributed by atoms with Gasteiger partial charge in [-0.3, -0.25) is 4.90 Å². The fraction of sp³-hybridized carbons (Fsp3) is 0.565. The molecule has 1 aliphatic heterocycles. The number of aryl methyl sites for hydroxylation is 2. The zero-order chi connectivity index (χ0) is 25.8. The van der Waals surface area contributed by atoms with Crippen LogP contribution in [0.1, 0.15) is 63.3 Å². The number of ether oxygens (including phenoxy) is 1. The second-order valence-corrected chi connectivity index (χ2v) is 13.4. The van der Waals surface area contributed by atoms with Gasteiger partial charge >= 0.3 is 22.1 Å². The zero-order valence-electron chi connectivity index (χ0n) is 20.4. The molecule has 0 fully saturated rings. The van der Waals surface area contributed by atoms with Crippen molar-refractivity contribution in [3.63, 3.8) is 0 Å². The normalized spacial score (nSPS) is 19.8. The Morgan fingerprint density at radius 1 is 1.11 bits per heavy atom. The van der Waals surface area contributed by atoms with E-state index in [1.165, 1.54) is 29.9 Å². The standard InChI is InChI=1S/C23H30N4O6S2/c1-22(2,3)33-21(29)25-26-35(31,32)17-12-27(19(34-17)23(4,5)30)20(28)24-18-15-8-6-7-13(15)11-14-9-10-16(14)18/h11-12,19,30H,6-10H2,1-5H3,(H,24,28). The summed E-state index contributed by atoms with van der Waals surface area (Å²) in [5.41, 5.74) is 3.23. The van der Waals surface area contributed by atoms with Gasteiger partial charge in [-0.15, -0.1) is 0 Å². The summed E-state index contributed by atoms with van der Waals surface area (Å²) in [6.45, 7) is 7.82. The Balaban J connectivity index is 1.60. The minimum absolute atomic E-state index is 0.307. The molecule has 0 aromatic heterocycles. The van der Waals surface area contributed by atoms with Gasteiger partial charge in [-0.1, -0.05) is 22.9 Å². The van der Waals surface area contributed by atoms with Crippen molar-refractivity contribution in [3.05, 3.63) is 38.8 Å². The molecule has 0 saturated heterocycles. The minimum atomic E-state index is -4.41. The van der Waals surface area contributed by atoms with Crippen LogP contribution in [0.2, 0.25) is 0 Å². The molecule has 12 heteroatoms. The highest BCUT2D eigenvalue weighted by atomic mass is 32.3. The molecule has 4 rings (SSSR count). The Labute approximate surface area is 209 Å². The summed E-state index contributed by atoms with van der Waals surface area (Å²) >= 11 is 0.766. The van der Waals surface area contributed by atoms with Gasteiger partial charge in [0.1, 0.15) is 15.2 Å². The van der Waals surface area contributed by atoms with Gasteiger partial charge in [-0.25, -0.2) is 9.59 Å². The molecule has 2 N–H and O–H groups in total. The maximum absolute atomic E-state index is 13.4. The summed E-state index contributed by atoms with van der Waals surface area (Å²) in [5.74, 6) is 0. The van der Waals surface area contributed by atoms with Crippen molar-refractivity contribution >= 4 is 39.6 Å². The Kier molecular flexibility index (Phi) is 6.52. The summed E-state index contributed by atoms with van der Waals surface area (Å²) in [6, 6.07) is 1.68. The Hall–Kier alpha value is -2.44. The van der Waals surface area contributed by atoms with Crippen LogP contribution in [0.5, 0.6) is 0 Å². The number of hydrogen-bond acceptors (Lipinski definition) is 7. The van der Waals surface area contributed by atoms with Crippen LogP contribution in [0.25, 0.3) is 0 Å². The quantitative estimate of drug-likeness (QED) is 0.557. The molecule has 0 spiro atoms. The van der Waals surface area contributed by atoms with E-state index in [1.807, 2.05) is 0 Å². The van der Waals surface area contributed by atoms with E-state index < -0.39 is 38.7 Å². The van der Waals surface area contributed by atoms with Crippen molar-refractivity contribution in [2.24, 2.45) is 9.63 Å². The van der Waals surface area contributed by atoms with Crippen LogP contribution in [-0.2, 0) is 40.4 Å². The SMILES string of the molecule is CC(C)(C)OC(=O)N=NS(=O)(=O)C1=CN(C(=O)Nc2c3c(cc4c2CC4)CCC3)C(C(C)(C)O)S1. The van der Waals surface area contributed by atoms with Gasteiger partial charge in [0.25, 0.3) is 0 Å². The van der Waals surface area contributed by atoms with E-state index in [1.54, 1.807) is 20.8 Å². The molecule has 35 heavy (non-hydrogen) atoms. The predicted octanol–water partition coefficient (Wildman–Crippen LogP) is 4.47. The molecule has 3 aliphatic rings. The Morgan fingerprint density at radius 3 is 2.37 bits per heavy atom. The van der Waals surface area contributed by atoms with E-state index in [2.05, 4.69) is 21.0 Å². The van der Waals surface area contributed by atoms with Gasteiger partial charge < -0.3 is 15.2 Å². The van der Waals surface area contributed by atoms with Crippen molar-refractivity contribution in [2.75, 3.05) is 5.32 Å². The molecule has 1 aromatic carbocycles. The first-order valence-electron chi connectivity index (χ1n) is 11.4. The number of thioether (sulfide) groups is 1. The molecule has 3 amide bonds. The molecular weight excluding hydrogens is 492 g/mol. The molecule has 1 unspecified atom stereocenters. The van der Waals surface area contributed by atoms with Crippen LogP contribution in [0, 0.1) is 0 Å². The molecule has 0 saturated carbocycles. The number of benzene rings is 1. The Bertz CT molecular complexity index is 1240. The second kappa shape index (κ2) is 8.90. The van der Waals surface area contributed by atoms with Gasteiger partial charge in [0, 0.05) is 11.9 Å². The lowest BCUT2D eigenvalue weighted by atomic mass is 9.83. The number of anilines is 1. The molecule has 0 radical (unpaired) electrons. The number of urea groups is 1. The molecule has 190 valence electrons. The molecule has 2 aliphatic carbocycles. The third-order valence-electron chi connectivity index (χ3n) is 5.92. The first-order chi connectivity index (χ1) is 16.2. The fourth-order valence-electron chi connectivity index (χ4n) is 4.33. The van der Waals surface area contributed by atoms with E-state index in [9.17, 15) is 23.1 Å². The molecule has 1 heterocycles. The number of hydrogen-bond donors (Lipinski definition) is 2. The van der Waals surface area contributed by atoms with Gasteiger partial charge in [-0.05, 0) is 93.5 Å². The van der Waals surface area contributed by atoms with E-state index in [0.29, 0.717) is 0 Å². The van der Waals surface area contributed by atoms with E-state index in [-0.39, 0.29) is 4.24 Å². The van der Waals surface area contributed by atoms with E-state index >= 15 is 0 Å². The fourth-order valence-corrected chi connectivity index (χ4v) is 6.65. The van der Waals surface area contributed by atoms with Gasteiger partial charge in [-0.2, -0.15) is 8.42 Å². The smallest absolute Gasteiger partial charge is 0.441 e. The number of nitrogens with one attached hydrogen (secondary N) is 1.